The van der Waals surface area contributed by atoms with Crippen LogP contribution in [0, 0.1) is 0 Å². The van der Waals surface area contributed by atoms with E-state index in [1.54, 1.807) is 0 Å². The van der Waals surface area contributed by atoms with Crippen molar-refractivity contribution in [3.63, 3.8) is 0 Å². The first-order valence-corrected chi connectivity index (χ1v) is 18.7. The van der Waals surface area contributed by atoms with Gasteiger partial charge in [-0.1, -0.05) is 77.6 Å². The second-order valence-electron chi connectivity index (χ2n) is 9.90. The van der Waals surface area contributed by atoms with E-state index in [0.29, 0.717) is 30.9 Å². The van der Waals surface area contributed by atoms with Gasteiger partial charge in [-0.3, -0.25) is 0 Å². The zero-order chi connectivity index (χ0) is 23.4. The summed E-state index contributed by atoms with van der Waals surface area (Å²) in [6, 6.07) is 0. The molecule has 28 heavy (non-hydrogen) atoms. The minimum atomic E-state index is 0.389. The molecule has 0 unspecified atom stereocenters. The Morgan fingerprint density at radius 3 is 0.464 bits per heavy atom. The van der Waals surface area contributed by atoms with E-state index in [1.165, 1.54) is 0 Å². The molecule has 0 atom stereocenters. The molecule has 0 aromatic rings. The van der Waals surface area contributed by atoms with E-state index in [4.69, 9.17) is 0 Å². The van der Waals surface area contributed by atoms with Gasteiger partial charge in [-0.05, 0) is 0 Å². The molecule has 0 aliphatic heterocycles. The Balaban J connectivity index is -0.000000137. The summed E-state index contributed by atoms with van der Waals surface area (Å²) in [5.41, 5.74) is 3.61. The second kappa shape index (κ2) is 24.8. The van der Waals surface area contributed by atoms with Gasteiger partial charge in [0, 0.05) is 19.0 Å². The Kier molecular flexibility index (Phi) is 32.6. The maximum absolute atomic E-state index is 2.32. The summed E-state index contributed by atoms with van der Waals surface area (Å²) in [6.45, 7) is 36.8. The molecule has 0 amide bonds. The van der Waals surface area contributed by atoms with E-state index >= 15 is 0 Å². The topological polar surface area (TPSA) is 0 Å². The number of rotatable bonds is 8. The molecule has 4 heteroatoms. The van der Waals surface area contributed by atoms with Crippen LogP contribution in [0.25, 0.3) is 0 Å². The van der Waals surface area contributed by atoms with Crippen LogP contribution in [-0.2, 0) is 0 Å². The Morgan fingerprint density at radius 1 is 0.321 bits per heavy atom. The monoisotopic (exact) mass is 548 g/mol. The van der Waals surface area contributed by atoms with Gasteiger partial charge in [-0.15, -0.1) is 0 Å². The minimum absolute atomic E-state index is 0.389. The van der Waals surface area contributed by atoms with Crippen LogP contribution in [-0.4, -0.2) is 49.9 Å². The van der Waals surface area contributed by atoms with Gasteiger partial charge >= 0.3 is 105 Å². The fraction of sp³-hybridized carbons (Fsp3) is 1.00. The van der Waals surface area contributed by atoms with Crippen molar-refractivity contribution in [3.05, 3.63) is 0 Å². The van der Waals surface area contributed by atoms with Gasteiger partial charge in [0.05, 0.1) is 0 Å². The summed E-state index contributed by atoms with van der Waals surface area (Å²) in [6.07, 6.45) is 0. The molecule has 168 valence electrons. The predicted octanol–water partition coefficient (Wildman–Crippen LogP) is 9.39. The summed E-state index contributed by atoms with van der Waals surface area (Å²) in [4.78, 5) is 0. The van der Waals surface area contributed by atoms with E-state index in [1.807, 2.05) is 0 Å². The average Bonchev–Trinajstić information content (AvgIpc) is 2.32. The molecule has 0 N–H and O–H groups in total. The van der Waals surface area contributed by atoms with E-state index in [2.05, 4.69) is 111 Å². The molecule has 0 bridgehead atoms. The van der Waals surface area contributed by atoms with Crippen molar-refractivity contribution in [2.45, 2.75) is 152 Å². The van der Waals surface area contributed by atoms with E-state index in [9.17, 15) is 0 Å². The van der Waals surface area contributed by atoms with Crippen LogP contribution in [0.15, 0.2) is 0 Å². The zero-order valence-corrected chi connectivity index (χ0v) is 28.8. The first kappa shape index (κ1) is 36.9. The van der Waals surface area contributed by atoms with Gasteiger partial charge in [-0.25, -0.2) is 0 Å². The second-order valence-corrected chi connectivity index (χ2v) is 26.3. The maximum atomic E-state index is 2.32. The van der Waals surface area contributed by atoms with Crippen molar-refractivity contribution in [3.8, 4) is 0 Å². The van der Waals surface area contributed by atoms with Gasteiger partial charge in [0.15, 0.2) is 0 Å². The Hall–Kier alpha value is 1.52. The molecule has 8 radical (unpaired) electrons. The molecule has 0 aromatic heterocycles. The zero-order valence-electron chi connectivity index (χ0n) is 22.6. The Bertz CT molecular complexity index is 194. The molecule has 0 heterocycles. The van der Waals surface area contributed by atoms with Crippen molar-refractivity contribution >= 4 is 49.9 Å². The third-order valence-corrected chi connectivity index (χ3v) is 10.9. The van der Waals surface area contributed by atoms with Crippen LogP contribution in [0.1, 0.15) is 111 Å². The molecule has 0 rings (SSSR count). The van der Waals surface area contributed by atoms with Crippen LogP contribution in [0.4, 0.5) is 0 Å². The predicted molar refractivity (Wildman–Crippen MR) is 144 cm³/mol. The normalized spacial score (nSPS) is 11.1. The standard InChI is InChI=1S/2C6H14Ge.2C6H14Si/c4*1-5(2)7-6(3)4/h4*5-6H,1-4H3. The van der Waals surface area contributed by atoms with Crippen molar-refractivity contribution in [2.75, 3.05) is 0 Å². The molecule has 0 fully saturated rings. The van der Waals surface area contributed by atoms with E-state index in [-0.39, 0.29) is 0 Å². The van der Waals surface area contributed by atoms with E-state index in [0.717, 1.165) is 60.2 Å². The van der Waals surface area contributed by atoms with Crippen LogP contribution < -0.4 is 0 Å². The van der Waals surface area contributed by atoms with E-state index < -0.39 is 0 Å². The molecule has 0 aromatic carbocycles. The van der Waals surface area contributed by atoms with Crippen LogP contribution in [0.5, 0.6) is 0 Å². The average molecular weight is 546 g/mol. The molecule has 0 aliphatic rings. The van der Waals surface area contributed by atoms with Crippen molar-refractivity contribution in [1.82, 2.24) is 0 Å². The van der Waals surface area contributed by atoms with Crippen molar-refractivity contribution < 1.29 is 0 Å². The van der Waals surface area contributed by atoms with Crippen LogP contribution in [0.2, 0.25) is 41.2 Å². The van der Waals surface area contributed by atoms with Gasteiger partial charge < -0.3 is 0 Å². The summed E-state index contributed by atoms with van der Waals surface area (Å²) < 4.78 is 4.00. The molecule has 0 nitrogen and oxygen atoms in total. The third-order valence-electron chi connectivity index (χ3n) is 2.67. The Labute approximate surface area is 200 Å². The third kappa shape index (κ3) is 63.1. The molecule has 0 spiro atoms. The number of hydrogen-bond donors (Lipinski definition) is 0. The van der Waals surface area contributed by atoms with Crippen molar-refractivity contribution in [1.29, 1.82) is 0 Å². The van der Waals surface area contributed by atoms with Crippen LogP contribution in [0.3, 0.4) is 0 Å². The number of hydrogen-bond acceptors (Lipinski definition) is 0. The molecule has 0 saturated carbocycles. The van der Waals surface area contributed by atoms with Gasteiger partial charge in [0.25, 0.3) is 0 Å². The summed E-state index contributed by atoms with van der Waals surface area (Å²) in [5.74, 6) is 0. The SMILES string of the molecule is CC(C)[Si]C(C)C.CC(C)[Si]C(C)C.C[CH](C)[Ge][CH](C)C.C[CH](C)[Ge][CH](C)C. The Morgan fingerprint density at radius 2 is 0.464 bits per heavy atom. The van der Waals surface area contributed by atoms with Crippen LogP contribution >= 0.6 is 0 Å². The molecule has 0 aliphatic carbocycles. The van der Waals surface area contributed by atoms with Gasteiger partial charge in [0.2, 0.25) is 0 Å². The molecule has 0 saturated heterocycles. The summed E-state index contributed by atoms with van der Waals surface area (Å²) in [5, 5.41) is 0. The fourth-order valence-corrected chi connectivity index (χ4v) is 10.9. The summed E-state index contributed by atoms with van der Waals surface area (Å²) >= 11 is 0.778. The first-order valence-electron chi connectivity index (χ1n) is 11.5. The summed E-state index contributed by atoms with van der Waals surface area (Å²) in [7, 11) is 2.29. The first-order chi connectivity index (χ1) is 12.5. The molecular weight excluding hydrogens is 490 g/mol. The van der Waals surface area contributed by atoms with Gasteiger partial charge in [-0.2, -0.15) is 0 Å². The quantitative estimate of drug-likeness (QED) is 0.266. The van der Waals surface area contributed by atoms with Crippen molar-refractivity contribution in [2.24, 2.45) is 0 Å². The molecular formula is C24H56Ge2Si2. The fourth-order valence-electron chi connectivity index (χ4n) is 2.67. The van der Waals surface area contributed by atoms with Gasteiger partial charge in [0.1, 0.15) is 0 Å².